The maximum atomic E-state index is 11.9. The predicted molar refractivity (Wildman–Crippen MR) is 95.0 cm³/mol. The SMILES string of the molecule is COc1cc(C=NNC(=O)Cc2ccc(C)c(C)c2)cc(Cl)c1O. The molecule has 0 unspecified atom stereocenters. The van der Waals surface area contributed by atoms with Crippen LogP contribution in [-0.2, 0) is 11.2 Å². The van der Waals surface area contributed by atoms with Crippen molar-refractivity contribution in [1.29, 1.82) is 0 Å². The molecule has 0 radical (unpaired) electrons. The lowest BCUT2D eigenvalue weighted by atomic mass is 10.0. The number of hydrogen-bond acceptors (Lipinski definition) is 4. The van der Waals surface area contributed by atoms with Gasteiger partial charge in [-0.2, -0.15) is 5.10 Å². The van der Waals surface area contributed by atoms with Crippen LogP contribution in [0.2, 0.25) is 5.02 Å². The molecule has 0 aliphatic heterocycles. The summed E-state index contributed by atoms with van der Waals surface area (Å²) in [7, 11) is 1.43. The molecular formula is C18H19ClN2O3. The number of aromatic hydroxyl groups is 1. The molecule has 1 amide bonds. The minimum absolute atomic E-state index is 0.130. The van der Waals surface area contributed by atoms with Gasteiger partial charge < -0.3 is 9.84 Å². The molecule has 0 spiro atoms. The van der Waals surface area contributed by atoms with E-state index in [2.05, 4.69) is 10.5 Å². The van der Waals surface area contributed by atoms with Crippen molar-refractivity contribution in [3.8, 4) is 11.5 Å². The van der Waals surface area contributed by atoms with Crippen molar-refractivity contribution in [2.24, 2.45) is 5.10 Å². The van der Waals surface area contributed by atoms with Gasteiger partial charge in [0.2, 0.25) is 5.91 Å². The molecule has 126 valence electrons. The third kappa shape index (κ3) is 4.49. The lowest BCUT2D eigenvalue weighted by molar-refractivity contribution is -0.120. The standard InChI is InChI=1S/C18H19ClN2O3/c1-11-4-5-13(6-12(11)2)9-17(22)21-20-10-14-7-15(19)18(23)16(8-14)24-3/h4-8,10,23H,9H2,1-3H3,(H,21,22). The van der Waals surface area contributed by atoms with Crippen molar-refractivity contribution in [2.75, 3.05) is 7.11 Å². The topological polar surface area (TPSA) is 70.9 Å². The van der Waals surface area contributed by atoms with Gasteiger partial charge in [0.05, 0.1) is 24.8 Å². The number of amides is 1. The van der Waals surface area contributed by atoms with Gasteiger partial charge in [-0.05, 0) is 48.2 Å². The summed E-state index contributed by atoms with van der Waals surface area (Å²) in [5.41, 5.74) is 6.34. The van der Waals surface area contributed by atoms with Crippen LogP contribution >= 0.6 is 11.6 Å². The Balaban J connectivity index is 1.99. The fraction of sp³-hybridized carbons (Fsp3) is 0.222. The van der Waals surface area contributed by atoms with E-state index in [1.165, 1.54) is 25.0 Å². The Bertz CT molecular complexity index is 788. The highest BCUT2D eigenvalue weighted by atomic mass is 35.5. The van der Waals surface area contributed by atoms with Crippen molar-refractivity contribution < 1.29 is 14.6 Å². The summed E-state index contributed by atoms with van der Waals surface area (Å²) >= 11 is 5.90. The monoisotopic (exact) mass is 346 g/mol. The van der Waals surface area contributed by atoms with E-state index in [-0.39, 0.29) is 28.8 Å². The molecule has 0 heterocycles. The number of carbonyl (C=O) groups excluding carboxylic acids is 1. The molecule has 24 heavy (non-hydrogen) atoms. The van der Waals surface area contributed by atoms with Crippen LogP contribution in [0.5, 0.6) is 11.5 Å². The first kappa shape index (κ1) is 17.8. The normalized spacial score (nSPS) is 10.8. The van der Waals surface area contributed by atoms with E-state index in [1.807, 2.05) is 32.0 Å². The summed E-state index contributed by atoms with van der Waals surface area (Å²) in [6.45, 7) is 4.04. The second kappa shape index (κ2) is 7.84. The van der Waals surface area contributed by atoms with Crippen LogP contribution in [0.3, 0.4) is 0 Å². The van der Waals surface area contributed by atoms with Gasteiger partial charge in [0.1, 0.15) is 0 Å². The number of rotatable bonds is 5. The second-order valence-electron chi connectivity index (χ2n) is 5.44. The van der Waals surface area contributed by atoms with Crippen molar-refractivity contribution in [3.63, 3.8) is 0 Å². The summed E-state index contributed by atoms with van der Waals surface area (Å²) in [5.74, 6) is -0.105. The summed E-state index contributed by atoms with van der Waals surface area (Å²) < 4.78 is 5.01. The summed E-state index contributed by atoms with van der Waals surface area (Å²) in [6, 6.07) is 9.00. The van der Waals surface area contributed by atoms with Crippen LogP contribution in [0.4, 0.5) is 0 Å². The maximum Gasteiger partial charge on any atom is 0.244 e. The van der Waals surface area contributed by atoms with Gasteiger partial charge in [-0.3, -0.25) is 4.79 Å². The summed E-state index contributed by atoms with van der Waals surface area (Å²) in [6.07, 6.45) is 1.68. The predicted octanol–water partition coefficient (Wildman–Crippen LogP) is 3.36. The Kier molecular flexibility index (Phi) is 5.82. The molecule has 2 aromatic rings. The van der Waals surface area contributed by atoms with Gasteiger partial charge >= 0.3 is 0 Å². The number of aryl methyl sites for hydroxylation is 2. The number of phenols is 1. The summed E-state index contributed by atoms with van der Waals surface area (Å²) in [4.78, 5) is 11.9. The first-order valence-corrected chi connectivity index (χ1v) is 7.73. The highest BCUT2D eigenvalue weighted by Crippen LogP contribution is 2.34. The highest BCUT2D eigenvalue weighted by molar-refractivity contribution is 6.32. The van der Waals surface area contributed by atoms with Crippen LogP contribution in [0.25, 0.3) is 0 Å². The average molecular weight is 347 g/mol. The number of hydrazone groups is 1. The molecule has 0 bridgehead atoms. The zero-order valence-corrected chi connectivity index (χ0v) is 14.5. The zero-order chi connectivity index (χ0) is 17.7. The first-order valence-electron chi connectivity index (χ1n) is 7.35. The van der Waals surface area contributed by atoms with Crippen molar-refractivity contribution in [1.82, 2.24) is 5.43 Å². The molecule has 0 aliphatic carbocycles. The van der Waals surface area contributed by atoms with Crippen molar-refractivity contribution in [3.05, 3.63) is 57.6 Å². The third-order valence-corrected chi connectivity index (χ3v) is 3.90. The number of hydrogen-bond donors (Lipinski definition) is 2. The molecule has 5 nitrogen and oxygen atoms in total. The number of nitrogens with zero attached hydrogens (tertiary/aromatic N) is 1. The molecule has 0 aromatic heterocycles. The number of nitrogens with one attached hydrogen (secondary N) is 1. The fourth-order valence-corrected chi connectivity index (χ4v) is 2.36. The molecule has 0 atom stereocenters. The van der Waals surface area contributed by atoms with Crippen LogP contribution < -0.4 is 10.2 Å². The highest BCUT2D eigenvalue weighted by Gasteiger charge is 2.08. The van der Waals surface area contributed by atoms with E-state index >= 15 is 0 Å². The van der Waals surface area contributed by atoms with Gasteiger partial charge in [0, 0.05) is 0 Å². The van der Waals surface area contributed by atoms with Crippen LogP contribution in [0.1, 0.15) is 22.3 Å². The lowest BCUT2D eigenvalue weighted by Crippen LogP contribution is -2.19. The smallest absolute Gasteiger partial charge is 0.244 e. The Morgan fingerprint density at radius 2 is 2.04 bits per heavy atom. The number of methoxy groups -OCH3 is 1. The van der Waals surface area contributed by atoms with E-state index in [0.717, 1.165) is 11.1 Å². The van der Waals surface area contributed by atoms with Gasteiger partial charge in [-0.15, -0.1) is 0 Å². The number of halogens is 1. The molecule has 0 saturated heterocycles. The van der Waals surface area contributed by atoms with E-state index < -0.39 is 0 Å². The first-order chi connectivity index (χ1) is 11.4. The average Bonchev–Trinajstić information content (AvgIpc) is 2.54. The van der Waals surface area contributed by atoms with E-state index in [9.17, 15) is 9.90 Å². The minimum atomic E-state index is -0.216. The van der Waals surface area contributed by atoms with Crippen molar-refractivity contribution in [2.45, 2.75) is 20.3 Å². The number of benzene rings is 2. The van der Waals surface area contributed by atoms with Crippen molar-refractivity contribution >= 4 is 23.7 Å². The Morgan fingerprint density at radius 3 is 2.71 bits per heavy atom. The van der Waals surface area contributed by atoms with Gasteiger partial charge in [0.15, 0.2) is 11.5 Å². The molecule has 0 aliphatic rings. The number of carbonyl (C=O) groups is 1. The van der Waals surface area contributed by atoms with E-state index in [1.54, 1.807) is 6.07 Å². The van der Waals surface area contributed by atoms with Gasteiger partial charge in [-0.1, -0.05) is 29.8 Å². The molecule has 2 N–H and O–H groups in total. The van der Waals surface area contributed by atoms with Crippen LogP contribution in [0, 0.1) is 13.8 Å². The van der Waals surface area contributed by atoms with Crippen LogP contribution in [0.15, 0.2) is 35.4 Å². The molecule has 6 heteroatoms. The Morgan fingerprint density at radius 1 is 1.29 bits per heavy atom. The Labute approximate surface area is 145 Å². The molecule has 0 fully saturated rings. The zero-order valence-electron chi connectivity index (χ0n) is 13.8. The molecule has 0 saturated carbocycles. The second-order valence-corrected chi connectivity index (χ2v) is 5.85. The minimum Gasteiger partial charge on any atom is -0.503 e. The summed E-state index contributed by atoms with van der Waals surface area (Å²) in [5, 5.41) is 13.7. The van der Waals surface area contributed by atoms with E-state index in [4.69, 9.17) is 16.3 Å². The maximum absolute atomic E-state index is 11.9. The molecule has 2 rings (SSSR count). The third-order valence-electron chi connectivity index (χ3n) is 3.61. The largest absolute Gasteiger partial charge is 0.503 e. The van der Waals surface area contributed by atoms with E-state index in [0.29, 0.717) is 5.56 Å². The Hall–Kier alpha value is -2.53. The lowest BCUT2D eigenvalue weighted by Gasteiger charge is -2.06. The van der Waals surface area contributed by atoms with Crippen LogP contribution in [-0.4, -0.2) is 24.3 Å². The number of phenolic OH excluding ortho intramolecular Hbond substituents is 1. The van der Waals surface area contributed by atoms with Gasteiger partial charge in [-0.25, -0.2) is 5.43 Å². The number of ether oxygens (including phenoxy) is 1. The van der Waals surface area contributed by atoms with Gasteiger partial charge in [0.25, 0.3) is 0 Å². The quantitative estimate of drug-likeness (QED) is 0.644. The molecular weight excluding hydrogens is 328 g/mol. The fourth-order valence-electron chi connectivity index (χ4n) is 2.14. The molecule has 2 aromatic carbocycles.